The van der Waals surface area contributed by atoms with Gasteiger partial charge in [0.2, 0.25) is 0 Å². The Hall–Kier alpha value is -1.29. The molecule has 4 nitrogen and oxygen atoms in total. The summed E-state index contributed by atoms with van der Waals surface area (Å²) in [6.45, 7) is 4.99. The van der Waals surface area contributed by atoms with Gasteiger partial charge in [0.05, 0.1) is 5.60 Å². The third kappa shape index (κ3) is 2.29. The maximum atomic E-state index is 11.2. The highest BCUT2D eigenvalue weighted by Crippen LogP contribution is 2.37. The van der Waals surface area contributed by atoms with E-state index in [2.05, 4.69) is 13.8 Å². The van der Waals surface area contributed by atoms with E-state index in [1.165, 1.54) is 0 Å². The monoisotopic (exact) mass is 251 g/mol. The van der Waals surface area contributed by atoms with Crippen molar-refractivity contribution >= 4 is 5.97 Å². The maximum Gasteiger partial charge on any atom is 0.352 e. The molecular formula is C14H21NO3. The highest BCUT2D eigenvalue weighted by Gasteiger charge is 2.35. The number of rotatable bonds is 4. The fraction of sp³-hybridized carbons (Fsp3) is 0.643. The van der Waals surface area contributed by atoms with E-state index in [1.54, 1.807) is 12.1 Å². The first kappa shape index (κ1) is 13.1. The summed E-state index contributed by atoms with van der Waals surface area (Å²) in [6.07, 6.45) is 5.61. The largest absolute Gasteiger partial charge is 0.477 e. The summed E-state index contributed by atoms with van der Waals surface area (Å²) < 4.78 is 7.83. The normalized spacial score (nSPS) is 22.9. The molecular weight excluding hydrogens is 230 g/mol. The molecule has 0 aliphatic carbocycles. The van der Waals surface area contributed by atoms with E-state index in [0.717, 1.165) is 25.7 Å². The molecule has 2 heterocycles. The van der Waals surface area contributed by atoms with Gasteiger partial charge in [0.15, 0.2) is 0 Å². The van der Waals surface area contributed by atoms with Crippen molar-refractivity contribution in [2.45, 2.75) is 51.2 Å². The molecule has 1 aliphatic rings. The summed E-state index contributed by atoms with van der Waals surface area (Å²) >= 11 is 0. The SMILES string of the molecule is CCC1(CC)CC(n2cccc2C(=O)O)CCO1. The lowest BCUT2D eigenvalue weighted by Gasteiger charge is -2.40. The van der Waals surface area contributed by atoms with E-state index in [9.17, 15) is 9.90 Å². The van der Waals surface area contributed by atoms with Gasteiger partial charge in [-0.3, -0.25) is 0 Å². The third-order valence-corrected chi connectivity index (χ3v) is 4.15. The molecule has 0 amide bonds. The lowest BCUT2D eigenvalue weighted by molar-refractivity contribution is -0.0989. The van der Waals surface area contributed by atoms with Crippen LogP contribution in [0.1, 0.15) is 56.1 Å². The van der Waals surface area contributed by atoms with Crippen LogP contribution in [0.5, 0.6) is 0 Å². The van der Waals surface area contributed by atoms with Crippen LogP contribution in [0, 0.1) is 0 Å². The van der Waals surface area contributed by atoms with Gasteiger partial charge in [-0.25, -0.2) is 4.79 Å². The van der Waals surface area contributed by atoms with Crippen molar-refractivity contribution in [3.63, 3.8) is 0 Å². The van der Waals surface area contributed by atoms with Crippen molar-refractivity contribution in [3.05, 3.63) is 24.0 Å². The highest BCUT2D eigenvalue weighted by molar-refractivity contribution is 5.85. The van der Waals surface area contributed by atoms with E-state index in [4.69, 9.17) is 4.74 Å². The summed E-state index contributed by atoms with van der Waals surface area (Å²) in [7, 11) is 0. The second-order valence-electron chi connectivity index (χ2n) is 4.99. The van der Waals surface area contributed by atoms with Gasteiger partial charge < -0.3 is 14.4 Å². The zero-order chi connectivity index (χ0) is 13.2. The van der Waals surface area contributed by atoms with Crippen molar-refractivity contribution in [2.75, 3.05) is 6.61 Å². The van der Waals surface area contributed by atoms with Crippen molar-refractivity contribution < 1.29 is 14.6 Å². The minimum atomic E-state index is -0.856. The van der Waals surface area contributed by atoms with Crippen molar-refractivity contribution in [1.29, 1.82) is 0 Å². The van der Waals surface area contributed by atoms with Crippen molar-refractivity contribution in [2.24, 2.45) is 0 Å². The zero-order valence-electron chi connectivity index (χ0n) is 11.1. The first-order chi connectivity index (χ1) is 8.62. The molecule has 0 spiro atoms. The van der Waals surface area contributed by atoms with E-state index in [-0.39, 0.29) is 11.6 Å². The van der Waals surface area contributed by atoms with Gasteiger partial charge >= 0.3 is 5.97 Å². The average molecular weight is 251 g/mol. The smallest absolute Gasteiger partial charge is 0.352 e. The zero-order valence-corrected chi connectivity index (χ0v) is 11.1. The molecule has 0 saturated carbocycles. The number of nitrogens with zero attached hydrogens (tertiary/aromatic N) is 1. The second kappa shape index (κ2) is 5.14. The van der Waals surface area contributed by atoms with Crippen molar-refractivity contribution in [3.8, 4) is 0 Å². The number of carboxylic acids is 1. The Balaban J connectivity index is 2.23. The van der Waals surface area contributed by atoms with Crippen LogP contribution in [-0.2, 0) is 4.74 Å². The highest BCUT2D eigenvalue weighted by atomic mass is 16.5. The molecule has 1 N–H and O–H groups in total. The number of aromatic nitrogens is 1. The molecule has 1 saturated heterocycles. The number of hydrogen-bond donors (Lipinski definition) is 1. The summed E-state index contributed by atoms with van der Waals surface area (Å²) in [5.74, 6) is -0.856. The van der Waals surface area contributed by atoms with E-state index >= 15 is 0 Å². The topological polar surface area (TPSA) is 51.5 Å². The molecule has 18 heavy (non-hydrogen) atoms. The number of carbonyl (C=O) groups is 1. The molecule has 1 aromatic heterocycles. The summed E-state index contributed by atoms with van der Waals surface area (Å²) in [6, 6.07) is 3.70. The average Bonchev–Trinajstić information content (AvgIpc) is 2.88. The second-order valence-corrected chi connectivity index (χ2v) is 4.99. The van der Waals surface area contributed by atoms with Crippen LogP contribution in [0.15, 0.2) is 18.3 Å². The number of aromatic carboxylic acids is 1. The molecule has 0 aromatic carbocycles. The molecule has 1 unspecified atom stereocenters. The standard InChI is InChI=1S/C14H21NO3/c1-3-14(4-2)10-11(7-9-18-14)15-8-5-6-12(15)13(16)17/h5-6,8,11H,3-4,7,9-10H2,1-2H3,(H,16,17). The minimum Gasteiger partial charge on any atom is -0.477 e. The summed E-state index contributed by atoms with van der Waals surface area (Å²) in [5, 5.41) is 9.18. The molecule has 4 heteroatoms. The Bertz CT molecular complexity index is 420. The van der Waals surface area contributed by atoms with Gasteiger partial charge in [-0.1, -0.05) is 13.8 Å². The molecule has 1 atom stereocenters. The lowest BCUT2D eigenvalue weighted by atomic mass is 9.85. The van der Waals surface area contributed by atoms with Gasteiger partial charge in [-0.2, -0.15) is 0 Å². The predicted molar refractivity (Wildman–Crippen MR) is 68.9 cm³/mol. The predicted octanol–water partition coefficient (Wildman–Crippen LogP) is 3.10. The fourth-order valence-electron chi connectivity index (χ4n) is 2.88. The van der Waals surface area contributed by atoms with Gasteiger partial charge in [-0.15, -0.1) is 0 Å². The lowest BCUT2D eigenvalue weighted by Crippen LogP contribution is -2.39. The Morgan fingerprint density at radius 1 is 1.56 bits per heavy atom. The molecule has 1 aliphatic heterocycles. The van der Waals surface area contributed by atoms with Crippen LogP contribution >= 0.6 is 0 Å². The Kier molecular flexibility index (Phi) is 3.76. The van der Waals surface area contributed by atoms with Gasteiger partial charge in [0, 0.05) is 18.8 Å². The number of ether oxygens (including phenoxy) is 1. The molecule has 1 fully saturated rings. The van der Waals surface area contributed by atoms with Crippen LogP contribution < -0.4 is 0 Å². The quantitative estimate of drug-likeness (QED) is 0.894. The molecule has 0 bridgehead atoms. The van der Waals surface area contributed by atoms with Crippen LogP contribution in [0.2, 0.25) is 0 Å². The maximum absolute atomic E-state index is 11.2. The van der Waals surface area contributed by atoms with E-state index in [0.29, 0.717) is 12.3 Å². The summed E-state index contributed by atoms with van der Waals surface area (Å²) in [5.41, 5.74) is 0.297. The number of carboxylic acid groups (broad SMARTS) is 1. The van der Waals surface area contributed by atoms with E-state index in [1.807, 2.05) is 10.8 Å². The van der Waals surface area contributed by atoms with Crippen LogP contribution in [-0.4, -0.2) is 27.9 Å². The summed E-state index contributed by atoms with van der Waals surface area (Å²) in [4.78, 5) is 11.2. The van der Waals surface area contributed by atoms with Gasteiger partial charge in [0.1, 0.15) is 5.69 Å². The Labute approximate surface area is 108 Å². The Morgan fingerprint density at radius 3 is 2.89 bits per heavy atom. The van der Waals surface area contributed by atoms with Crippen LogP contribution in [0.3, 0.4) is 0 Å². The molecule has 1 aromatic rings. The van der Waals surface area contributed by atoms with Crippen LogP contribution in [0.25, 0.3) is 0 Å². The first-order valence-electron chi connectivity index (χ1n) is 6.66. The van der Waals surface area contributed by atoms with Crippen LogP contribution in [0.4, 0.5) is 0 Å². The molecule has 2 rings (SSSR count). The van der Waals surface area contributed by atoms with Crippen molar-refractivity contribution in [1.82, 2.24) is 4.57 Å². The molecule has 100 valence electrons. The fourth-order valence-corrected chi connectivity index (χ4v) is 2.88. The van der Waals surface area contributed by atoms with E-state index < -0.39 is 5.97 Å². The Morgan fingerprint density at radius 2 is 2.28 bits per heavy atom. The van der Waals surface area contributed by atoms with Gasteiger partial charge in [0.25, 0.3) is 0 Å². The molecule has 0 radical (unpaired) electrons. The minimum absolute atomic E-state index is 0.0804. The first-order valence-corrected chi connectivity index (χ1v) is 6.66. The third-order valence-electron chi connectivity index (χ3n) is 4.15. The number of hydrogen-bond acceptors (Lipinski definition) is 2. The van der Waals surface area contributed by atoms with Gasteiger partial charge in [-0.05, 0) is 37.8 Å².